The van der Waals surface area contributed by atoms with Crippen molar-refractivity contribution < 1.29 is 24.5 Å². The highest BCUT2D eigenvalue weighted by Crippen LogP contribution is 2.69. The lowest BCUT2D eigenvalue weighted by Gasteiger charge is -2.64. The first kappa shape index (κ1) is 18.8. The maximum absolute atomic E-state index is 12.1. The van der Waals surface area contributed by atoms with Gasteiger partial charge in [0.25, 0.3) is 0 Å². The minimum atomic E-state index is -0.929. The molecular formula is C23H32O5. The van der Waals surface area contributed by atoms with Gasteiger partial charge in [0.05, 0.1) is 11.7 Å². The Kier molecular flexibility index (Phi) is 3.97. The third-order valence-corrected chi connectivity index (χ3v) is 9.89. The van der Waals surface area contributed by atoms with Gasteiger partial charge in [0.2, 0.25) is 0 Å². The molecule has 0 amide bonds. The summed E-state index contributed by atoms with van der Waals surface area (Å²) in [6.45, 7) is 4.63. The summed E-state index contributed by atoms with van der Waals surface area (Å²) in [6.07, 6.45) is 7.20. The van der Waals surface area contributed by atoms with Crippen molar-refractivity contribution >= 4 is 11.8 Å². The highest BCUT2D eigenvalue weighted by molar-refractivity contribution is 5.85. The summed E-state index contributed by atoms with van der Waals surface area (Å²) in [7, 11) is 0. The van der Waals surface area contributed by atoms with Crippen LogP contribution in [0, 0.1) is 34.5 Å². The Balaban J connectivity index is 1.52. The van der Waals surface area contributed by atoms with Gasteiger partial charge >= 0.3 is 5.97 Å². The summed E-state index contributed by atoms with van der Waals surface area (Å²) < 4.78 is 5.15. The smallest absolute Gasteiger partial charge is 0.331 e. The number of fused-ring (bicyclic) bond motifs is 5. The van der Waals surface area contributed by atoms with Gasteiger partial charge in [-0.3, -0.25) is 4.79 Å². The molecule has 0 bridgehead atoms. The number of esters is 1. The molecule has 0 aromatic heterocycles. The summed E-state index contributed by atoms with van der Waals surface area (Å²) in [4.78, 5) is 23.7. The first-order valence-corrected chi connectivity index (χ1v) is 11.0. The Morgan fingerprint density at radius 2 is 1.89 bits per heavy atom. The van der Waals surface area contributed by atoms with Crippen molar-refractivity contribution in [3.63, 3.8) is 0 Å². The molecule has 1 heterocycles. The molecule has 4 saturated carbocycles. The fourth-order valence-corrected chi connectivity index (χ4v) is 8.18. The third-order valence-electron chi connectivity index (χ3n) is 9.89. The van der Waals surface area contributed by atoms with E-state index in [9.17, 15) is 19.8 Å². The van der Waals surface area contributed by atoms with Crippen molar-refractivity contribution in [1.29, 1.82) is 0 Å². The van der Waals surface area contributed by atoms with Crippen LogP contribution >= 0.6 is 0 Å². The van der Waals surface area contributed by atoms with Crippen LogP contribution in [0.1, 0.15) is 65.2 Å². The minimum Gasteiger partial charge on any atom is -0.458 e. The number of ketones is 1. The number of ether oxygens (including phenoxy) is 1. The minimum absolute atomic E-state index is 0.0154. The number of aliphatic hydroxyl groups excluding tert-OH is 1. The van der Waals surface area contributed by atoms with Gasteiger partial charge in [0.1, 0.15) is 12.4 Å². The van der Waals surface area contributed by atoms with Crippen LogP contribution in [0.3, 0.4) is 0 Å². The molecule has 154 valence electrons. The van der Waals surface area contributed by atoms with E-state index in [1.165, 1.54) is 0 Å². The lowest BCUT2D eigenvalue weighted by molar-refractivity contribution is -0.241. The van der Waals surface area contributed by atoms with Gasteiger partial charge in [0.15, 0.2) is 0 Å². The Morgan fingerprint density at radius 1 is 1.11 bits per heavy atom. The average Bonchev–Trinajstić information content (AvgIpc) is 3.19. The highest BCUT2D eigenvalue weighted by Gasteiger charge is 2.70. The zero-order valence-corrected chi connectivity index (χ0v) is 16.9. The molecule has 0 spiro atoms. The predicted octanol–water partition coefficient (Wildman–Crippen LogP) is 2.78. The molecule has 0 radical (unpaired) electrons. The van der Waals surface area contributed by atoms with Crippen molar-refractivity contribution in [2.45, 2.75) is 76.9 Å². The second kappa shape index (κ2) is 5.91. The van der Waals surface area contributed by atoms with Crippen LogP contribution in [0.15, 0.2) is 11.6 Å². The second-order valence-corrected chi connectivity index (χ2v) is 10.6. The van der Waals surface area contributed by atoms with Gasteiger partial charge in [-0.2, -0.15) is 0 Å². The molecule has 0 saturated heterocycles. The van der Waals surface area contributed by atoms with E-state index in [-0.39, 0.29) is 35.7 Å². The number of Topliss-reactive ketones (excluding diaryl/α,β-unsaturated/α-hetero) is 1. The van der Waals surface area contributed by atoms with Crippen LogP contribution in [-0.4, -0.2) is 40.3 Å². The quantitative estimate of drug-likeness (QED) is 0.675. The molecule has 4 aliphatic carbocycles. The molecule has 28 heavy (non-hydrogen) atoms. The van der Waals surface area contributed by atoms with Crippen molar-refractivity contribution in [2.24, 2.45) is 34.5 Å². The standard InChI is InChI=1S/C23H32O5/c1-21-7-5-15(24)10-14(21)3-4-17-18(21)11-19(25)22(2)16(6-8-23(17,22)27)13-9-20(26)28-12-13/h9,14,16-19,25,27H,3-8,10-12H2,1-2H3/t14-,16?,17?,18?,19?,21?,22?,23?/m1/s1. The topological polar surface area (TPSA) is 83.8 Å². The summed E-state index contributed by atoms with van der Waals surface area (Å²) >= 11 is 0. The number of hydrogen-bond acceptors (Lipinski definition) is 5. The number of rotatable bonds is 1. The van der Waals surface area contributed by atoms with E-state index >= 15 is 0 Å². The van der Waals surface area contributed by atoms with Gasteiger partial charge in [-0.1, -0.05) is 13.8 Å². The number of hydrogen-bond donors (Lipinski definition) is 2. The fraction of sp³-hybridized carbons (Fsp3) is 0.826. The lowest BCUT2D eigenvalue weighted by atomic mass is 9.42. The third kappa shape index (κ3) is 2.21. The summed E-state index contributed by atoms with van der Waals surface area (Å²) in [5, 5.41) is 23.5. The monoisotopic (exact) mass is 388 g/mol. The number of carbonyl (C=O) groups is 2. The van der Waals surface area contributed by atoms with Gasteiger partial charge in [0, 0.05) is 24.3 Å². The van der Waals surface area contributed by atoms with E-state index in [4.69, 9.17) is 4.74 Å². The number of cyclic esters (lactones) is 1. The zero-order valence-electron chi connectivity index (χ0n) is 16.9. The van der Waals surface area contributed by atoms with E-state index in [1.807, 2.05) is 6.92 Å². The van der Waals surface area contributed by atoms with Crippen molar-refractivity contribution in [3.8, 4) is 0 Å². The van der Waals surface area contributed by atoms with Crippen LogP contribution in [0.5, 0.6) is 0 Å². The molecule has 4 fully saturated rings. The number of aliphatic hydroxyl groups is 2. The Bertz CT molecular complexity index is 758. The molecule has 0 aromatic rings. The van der Waals surface area contributed by atoms with Gasteiger partial charge in [-0.05, 0) is 73.2 Å². The van der Waals surface area contributed by atoms with Crippen LogP contribution in [0.2, 0.25) is 0 Å². The van der Waals surface area contributed by atoms with E-state index in [0.29, 0.717) is 37.4 Å². The first-order chi connectivity index (χ1) is 13.2. The fourth-order valence-electron chi connectivity index (χ4n) is 8.18. The maximum atomic E-state index is 12.1. The summed E-state index contributed by atoms with van der Waals surface area (Å²) in [5.41, 5.74) is -0.619. The van der Waals surface area contributed by atoms with E-state index in [0.717, 1.165) is 31.3 Å². The highest BCUT2D eigenvalue weighted by atomic mass is 16.5. The molecule has 7 unspecified atom stereocenters. The van der Waals surface area contributed by atoms with Crippen molar-refractivity contribution in [3.05, 3.63) is 11.6 Å². The zero-order chi connectivity index (χ0) is 19.9. The van der Waals surface area contributed by atoms with Gasteiger partial charge in [-0.25, -0.2) is 4.79 Å². The Labute approximate surface area is 166 Å². The van der Waals surface area contributed by atoms with Crippen LogP contribution in [0.4, 0.5) is 0 Å². The lowest BCUT2D eigenvalue weighted by Crippen LogP contribution is -2.66. The van der Waals surface area contributed by atoms with Gasteiger partial charge < -0.3 is 14.9 Å². The molecule has 2 N–H and O–H groups in total. The summed E-state index contributed by atoms with van der Waals surface area (Å²) in [6, 6.07) is 0. The average molecular weight is 389 g/mol. The summed E-state index contributed by atoms with van der Waals surface area (Å²) in [5.74, 6) is 0.839. The van der Waals surface area contributed by atoms with Crippen LogP contribution in [0.25, 0.3) is 0 Å². The van der Waals surface area contributed by atoms with Gasteiger partial charge in [-0.15, -0.1) is 0 Å². The molecule has 5 heteroatoms. The normalized spacial score (nSPS) is 53.1. The van der Waals surface area contributed by atoms with E-state index in [2.05, 4.69) is 6.92 Å². The van der Waals surface area contributed by atoms with E-state index < -0.39 is 17.1 Å². The largest absolute Gasteiger partial charge is 0.458 e. The molecule has 1 aliphatic heterocycles. The first-order valence-electron chi connectivity index (χ1n) is 11.0. The van der Waals surface area contributed by atoms with Crippen molar-refractivity contribution in [1.82, 2.24) is 0 Å². The molecule has 5 nitrogen and oxygen atoms in total. The Hall–Kier alpha value is -1.20. The molecule has 0 aromatic carbocycles. The molecule has 8 atom stereocenters. The van der Waals surface area contributed by atoms with Crippen LogP contribution in [-0.2, 0) is 14.3 Å². The molecule has 5 rings (SSSR count). The van der Waals surface area contributed by atoms with E-state index in [1.54, 1.807) is 6.08 Å². The number of carbonyl (C=O) groups excluding carboxylic acids is 2. The van der Waals surface area contributed by atoms with Crippen molar-refractivity contribution in [2.75, 3.05) is 6.61 Å². The molecular weight excluding hydrogens is 356 g/mol. The van der Waals surface area contributed by atoms with Crippen LogP contribution < -0.4 is 0 Å². The second-order valence-electron chi connectivity index (χ2n) is 10.6. The predicted molar refractivity (Wildman–Crippen MR) is 102 cm³/mol. The Morgan fingerprint density at radius 3 is 2.61 bits per heavy atom. The molecule has 5 aliphatic rings. The SMILES string of the molecule is CC12CCC(=O)C[C@H]1CCC1C2CC(O)C2(C)C(C3=CC(=O)OC3)CCC12O. The maximum Gasteiger partial charge on any atom is 0.331 e.